The Kier molecular flexibility index (Phi) is 22.3. The van der Waals surface area contributed by atoms with Crippen LogP contribution in [-0.2, 0) is 0 Å². The van der Waals surface area contributed by atoms with Crippen LogP contribution in [0.25, 0.3) is 0 Å². The van der Waals surface area contributed by atoms with E-state index in [0.29, 0.717) is 7.92 Å². The highest BCUT2D eigenvalue weighted by molar-refractivity contribution is 7.57. The van der Waals surface area contributed by atoms with Crippen LogP contribution in [0.2, 0.25) is 0 Å². The zero-order valence-electron chi connectivity index (χ0n) is 22.7. The largest absolute Gasteiger partial charge is 0.305 e. The van der Waals surface area contributed by atoms with E-state index in [1.807, 2.05) is 0 Å². The number of hydrogen-bond acceptors (Lipinski definition) is 4. The fourth-order valence-electron chi connectivity index (χ4n) is 3.83. The predicted octanol–water partition coefficient (Wildman–Crippen LogP) is 5.38. The third-order valence-electron chi connectivity index (χ3n) is 6.37. The second-order valence-electron chi connectivity index (χ2n) is 9.82. The van der Waals surface area contributed by atoms with Gasteiger partial charge in [0.25, 0.3) is 0 Å². The first-order valence-electron chi connectivity index (χ1n) is 13.4. The SMILES string of the molecule is CCCCP(CCCC)CCCC.CN1CCCN(C)CCN(C)CCCN(C)CC1. The third-order valence-corrected chi connectivity index (χ3v) is 9.22. The Balaban J connectivity index is 0.000000615. The van der Waals surface area contributed by atoms with Gasteiger partial charge < -0.3 is 19.6 Å². The number of nitrogens with zero attached hydrogens (tertiary/aromatic N) is 4. The van der Waals surface area contributed by atoms with Crippen LogP contribution in [0.3, 0.4) is 0 Å². The Morgan fingerprint density at radius 2 is 0.710 bits per heavy atom. The molecule has 1 aliphatic heterocycles. The molecule has 1 saturated heterocycles. The highest BCUT2D eigenvalue weighted by Gasteiger charge is 2.07. The molecule has 0 aromatic rings. The highest BCUT2D eigenvalue weighted by Crippen LogP contribution is 2.38. The normalized spacial score (nSPS) is 19.7. The predicted molar refractivity (Wildman–Crippen MR) is 145 cm³/mol. The third kappa shape index (κ3) is 20.6. The van der Waals surface area contributed by atoms with Gasteiger partial charge in [-0.15, -0.1) is 7.92 Å². The van der Waals surface area contributed by atoms with Gasteiger partial charge in [-0.05, 0) is 105 Å². The van der Waals surface area contributed by atoms with Crippen molar-refractivity contribution in [3.8, 4) is 0 Å². The van der Waals surface area contributed by atoms with Gasteiger partial charge in [0.1, 0.15) is 0 Å². The number of rotatable bonds is 9. The Morgan fingerprint density at radius 1 is 0.452 bits per heavy atom. The molecule has 0 atom stereocenters. The van der Waals surface area contributed by atoms with Crippen molar-refractivity contribution in [3.05, 3.63) is 0 Å². The van der Waals surface area contributed by atoms with Crippen LogP contribution in [0.4, 0.5) is 0 Å². The lowest BCUT2D eigenvalue weighted by molar-refractivity contribution is 0.206. The second-order valence-corrected chi connectivity index (χ2v) is 12.5. The molecule has 0 radical (unpaired) electrons. The first-order chi connectivity index (χ1) is 14.9. The molecular formula is C26H59N4P. The van der Waals surface area contributed by atoms with Crippen molar-refractivity contribution in [3.63, 3.8) is 0 Å². The van der Waals surface area contributed by atoms with Crippen molar-refractivity contribution < 1.29 is 0 Å². The summed E-state index contributed by atoms with van der Waals surface area (Å²) in [6.07, 6.45) is 15.8. The number of hydrogen-bond donors (Lipinski definition) is 0. The van der Waals surface area contributed by atoms with Gasteiger partial charge in [0, 0.05) is 26.2 Å². The van der Waals surface area contributed by atoms with E-state index in [0.717, 1.165) is 0 Å². The lowest BCUT2D eigenvalue weighted by atomic mass is 10.3. The maximum Gasteiger partial charge on any atom is 0.0106 e. The molecule has 31 heavy (non-hydrogen) atoms. The first-order valence-corrected chi connectivity index (χ1v) is 15.3. The summed E-state index contributed by atoms with van der Waals surface area (Å²) >= 11 is 0. The molecule has 0 bridgehead atoms. The Labute approximate surface area is 198 Å². The van der Waals surface area contributed by atoms with E-state index >= 15 is 0 Å². The fraction of sp³-hybridized carbons (Fsp3) is 1.00. The maximum absolute atomic E-state index is 2.46. The van der Waals surface area contributed by atoms with Gasteiger partial charge in [0.2, 0.25) is 0 Å². The fourth-order valence-corrected chi connectivity index (χ4v) is 6.79. The summed E-state index contributed by atoms with van der Waals surface area (Å²) in [6, 6.07) is 0. The molecule has 1 fully saturated rings. The Morgan fingerprint density at radius 3 is 0.935 bits per heavy atom. The zero-order chi connectivity index (χ0) is 23.3. The number of likely N-dealkylation sites (N-methyl/N-ethyl adjacent to an activating group) is 4. The molecule has 0 unspecified atom stereocenters. The smallest absolute Gasteiger partial charge is 0.0106 e. The maximum atomic E-state index is 2.46. The summed E-state index contributed by atoms with van der Waals surface area (Å²) in [4.78, 5) is 9.84. The molecule has 0 amide bonds. The van der Waals surface area contributed by atoms with E-state index in [4.69, 9.17) is 0 Å². The average molecular weight is 459 g/mol. The van der Waals surface area contributed by atoms with Crippen molar-refractivity contribution in [2.75, 3.05) is 99.0 Å². The van der Waals surface area contributed by atoms with Crippen LogP contribution >= 0.6 is 7.92 Å². The summed E-state index contributed by atoms with van der Waals surface area (Å²) in [6.45, 7) is 16.6. The highest BCUT2D eigenvalue weighted by atomic mass is 31.1. The van der Waals surface area contributed by atoms with E-state index < -0.39 is 0 Å². The molecule has 0 spiro atoms. The Bertz CT molecular complexity index is 308. The van der Waals surface area contributed by atoms with Crippen molar-refractivity contribution in [1.82, 2.24) is 19.6 Å². The van der Waals surface area contributed by atoms with Crippen LogP contribution in [0.15, 0.2) is 0 Å². The summed E-state index contributed by atoms with van der Waals surface area (Å²) in [7, 11) is 9.40. The van der Waals surface area contributed by atoms with Gasteiger partial charge in [-0.3, -0.25) is 0 Å². The van der Waals surface area contributed by atoms with Gasteiger partial charge in [0.05, 0.1) is 0 Å². The Hall–Kier alpha value is 0.270. The van der Waals surface area contributed by atoms with Crippen molar-refractivity contribution in [1.29, 1.82) is 0 Å². The van der Waals surface area contributed by atoms with Gasteiger partial charge in [-0.25, -0.2) is 0 Å². The van der Waals surface area contributed by atoms with Gasteiger partial charge in [0.15, 0.2) is 0 Å². The standard InChI is InChI=1S/C14H32N4.C12H27P/c1-15-7-5-8-17(3)13-14-18(4)10-6-9-16(2)12-11-15;1-4-7-10-13(11-8-5-2)12-9-6-3/h5-14H2,1-4H3;4-12H2,1-3H3. The molecule has 0 aromatic heterocycles. The van der Waals surface area contributed by atoms with E-state index in [2.05, 4.69) is 68.6 Å². The van der Waals surface area contributed by atoms with E-state index in [-0.39, 0.29) is 0 Å². The van der Waals surface area contributed by atoms with Crippen molar-refractivity contribution >= 4 is 7.92 Å². The van der Waals surface area contributed by atoms with E-state index in [9.17, 15) is 0 Å². The van der Waals surface area contributed by atoms with Crippen LogP contribution in [0, 0.1) is 0 Å². The molecule has 0 aromatic carbocycles. The van der Waals surface area contributed by atoms with Crippen LogP contribution in [0.5, 0.6) is 0 Å². The van der Waals surface area contributed by atoms with E-state index in [1.165, 1.54) is 104 Å². The lowest BCUT2D eigenvalue weighted by Gasteiger charge is -2.26. The quantitative estimate of drug-likeness (QED) is 0.430. The molecule has 1 rings (SSSR count). The zero-order valence-corrected chi connectivity index (χ0v) is 23.6. The van der Waals surface area contributed by atoms with Gasteiger partial charge in [-0.2, -0.15) is 0 Å². The second kappa shape index (κ2) is 22.1. The molecule has 5 heteroatoms. The summed E-state index contributed by atoms with van der Waals surface area (Å²) in [5, 5.41) is 0. The minimum Gasteiger partial charge on any atom is -0.305 e. The van der Waals surface area contributed by atoms with Crippen molar-refractivity contribution in [2.45, 2.75) is 72.1 Å². The lowest BCUT2D eigenvalue weighted by Crippen LogP contribution is -2.37. The van der Waals surface area contributed by atoms with Crippen LogP contribution < -0.4 is 0 Å². The molecule has 0 saturated carbocycles. The molecule has 188 valence electrons. The molecule has 1 heterocycles. The summed E-state index contributed by atoms with van der Waals surface area (Å²) in [5.41, 5.74) is 0. The summed E-state index contributed by atoms with van der Waals surface area (Å²) in [5.74, 6) is 0. The average Bonchev–Trinajstić information content (AvgIpc) is 2.75. The summed E-state index contributed by atoms with van der Waals surface area (Å²) < 4.78 is 0. The monoisotopic (exact) mass is 458 g/mol. The minimum absolute atomic E-state index is 0.422. The van der Waals surface area contributed by atoms with E-state index in [1.54, 1.807) is 18.5 Å². The van der Waals surface area contributed by atoms with Crippen molar-refractivity contribution in [2.24, 2.45) is 0 Å². The molecule has 1 aliphatic rings. The first kappa shape index (κ1) is 31.3. The molecular weight excluding hydrogens is 399 g/mol. The van der Waals surface area contributed by atoms with Gasteiger partial charge in [-0.1, -0.05) is 40.0 Å². The van der Waals surface area contributed by atoms with Crippen LogP contribution in [0.1, 0.15) is 72.1 Å². The topological polar surface area (TPSA) is 13.0 Å². The van der Waals surface area contributed by atoms with Gasteiger partial charge >= 0.3 is 0 Å². The molecule has 4 nitrogen and oxygen atoms in total. The number of unbranched alkanes of at least 4 members (excludes halogenated alkanes) is 3. The van der Waals surface area contributed by atoms with Crippen LogP contribution in [-0.4, -0.2) is 119 Å². The molecule has 0 N–H and O–H groups in total. The minimum atomic E-state index is 0.422. The molecule has 0 aliphatic carbocycles.